The van der Waals surface area contributed by atoms with E-state index >= 15 is 0 Å². The minimum atomic E-state index is -0.887. The third-order valence-electron chi connectivity index (χ3n) is 5.54. The van der Waals surface area contributed by atoms with Crippen LogP contribution >= 0.6 is 22.6 Å². The second kappa shape index (κ2) is 9.47. The first kappa shape index (κ1) is 24.6. The van der Waals surface area contributed by atoms with E-state index in [-0.39, 0.29) is 24.8 Å². The Hall–Kier alpha value is -2.00. The summed E-state index contributed by atoms with van der Waals surface area (Å²) in [6.45, 7) is 12.0. The van der Waals surface area contributed by atoms with E-state index in [9.17, 15) is 14.0 Å². The summed E-state index contributed by atoms with van der Waals surface area (Å²) in [7, 11) is 0. The Morgan fingerprint density at radius 2 is 1.91 bits per heavy atom. The second-order valence-electron chi connectivity index (χ2n) is 8.93. The van der Waals surface area contributed by atoms with Crippen molar-refractivity contribution < 1.29 is 23.5 Å². The first-order chi connectivity index (χ1) is 14.9. The molecule has 0 radical (unpaired) electrons. The molecule has 0 N–H and O–H groups in total. The molecule has 0 aromatic heterocycles. The number of esters is 1. The first-order valence-corrected chi connectivity index (χ1v) is 11.7. The number of hydrogen-bond acceptors (Lipinski definition) is 4. The maximum Gasteiger partial charge on any atom is 0.340 e. The largest absolute Gasteiger partial charge is 0.464 e. The van der Waals surface area contributed by atoms with Gasteiger partial charge in [-0.05, 0) is 105 Å². The predicted octanol–water partition coefficient (Wildman–Crippen LogP) is 5.56. The van der Waals surface area contributed by atoms with Crippen molar-refractivity contribution in [2.24, 2.45) is 0 Å². The molecule has 2 aromatic carbocycles. The van der Waals surface area contributed by atoms with Gasteiger partial charge >= 0.3 is 5.97 Å². The van der Waals surface area contributed by atoms with Crippen LogP contribution in [0.2, 0.25) is 0 Å². The average Bonchev–Trinajstić information content (AvgIpc) is 2.70. The lowest BCUT2D eigenvalue weighted by Crippen LogP contribution is -2.38. The van der Waals surface area contributed by atoms with E-state index in [0.29, 0.717) is 12.2 Å². The second-order valence-corrected chi connectivity index (χ2v) is 10.0. The summed E-state index contributed by atoms with van der Waals surface area (Å²) in [6.07, 6.45) is -0.713. The zero-order chi connectivity index (χ0) is 23.8. The number of fused-ring (bicyclic) bond motifs is 1. The Kier molecular flexibility index (Phi) is 7.29. The summed E-state index contributed by atoms with van der Waals surface area (Å²) in [6, 6.07) is 6.08. The molecule has 0 unspecified atom stereocenters. The van der Waals surface area contributed by atoms with Gasteiger partial charge in [0.05, 0.1) is 25.2 Å². The lowest BCUT2D eigenvalue weighted by molar-refractivity contribution is -0.167. The van der Waals surface area contributed by atoms with Crippen LogP contribution in [0.1, 0.15) is 61.6 Å². The SMILES string of the molecule is CCOC(=O)[C@@H](OC(C)(C)C)c1c(C)c2c(c(C)c1I)CN(c1cccc(F)c1)C(=O)C2. The Bertz CT molecular complexity index is 1060. The number of carbonyl (C=O) groups excluding carboxylic acids is 2. The van der Waals surface area contributed by atoms with Crippen molar-refractivity contribution in [1.29, 1.82) is 0 Å². The van der Waals surface area contributed by atoms with Crippen LogP contribution in [0, 0.1) is 23.2 Å². The molecule has 0 fully saturated rings. The van der Waals surface area contributed by atoms with Gasteiger partial charge in [-0.1, -0.05) is 6.07 Å². The average molecular weight is 553 g/mol. The number of anilines is 1. The molecule has 172 valence electrons. The number of ether oxygens (including phenoxy) is 2. The van der Waals surface area contributed by atoms with Gasteiger partial charge in [0.1, 0.15) is 5.82 Å². The summed E-state index contributed by atoms with van der Waals surface area (Å²) in [5.41, 5.74) is 4.51. The van der Waals surface area contributed by atoms with Gasteiger partial charge in [-0.15, -0.1) is 0 Å². The summed E-state index contributed by atoms with van der Waals surface area (Å²) >= 11 is 2.25. The van der Waals surface area contributed by atoms with Crippen LogP contribution in [0.25, 0.3) is 0 Å². The van der Waals surface area contributed by atoms with Crippen molar-refractivity contribution >= 4 is 40.2 Å². The lowest BCUT2D eigenvalue weighted by Gasteiger charge is -2.34. The van der Waals surface area contributed by atoms with Gasteiger partial charge < -0.3 is 14.4 Å². The summed E-state index contributed by atoms with van der Waals surface area (Å²) in [4.78, 5) is 27.5. The maximum absolute atomic E-state index is 13.8. The smallest absolute Gasteiger partial charge is 0.340 e. The van der Waals surface area contributed by atoms with E-state index in [1.165, 1.54) is 12.1 Å². The highest BCUT2D eigenvalue weighted by Crippen LogP contribution is 2.39. The highest BCUT2D eigenvalue weighted by Gasteiger charge is 2.36. The number of halogens is 2. The van der Waals surface area contributed by atoms with E-state index in [1.54, 1.807) is 24.0 Å². The topological polar surface area (TPSA) is 55.8 Å². The molecular formula is C25H29FINO4. The van der Waals surface area contributed by atoms with Crippen LogP contribution in [0.3, 0.4) is 0 Å². The Balaban J connectivity index is 2.12. The van der Waals surface area contributed by atoms with E-state index in [2.05, 4.69) is 22.6 Å². The van der Waals surface area contributed by atoms with Crippen LogP contribution < -0.4 is 4.90 Å². The van der Waals surface area contributed by atoms with Gasteiger partial charge in [0, 0.05) is 14.8 Å². The fourth-order valence-corrected chi connectivity index (χ4v) is 5.06. The van der Waals surface area contributed by atoms with Crippen molar-refractivity contribution in [3.8, 4) is 0 Å². The molecule has 0 aliphatic carbocycles. The normalized spacial score (nSPS) is 14.9. The molecular weight excluding hydrogens is 524 g/mol. The minimum Gasteiger partial charge on any atom is -0.464 e. The molecule has 1 amide bonds. The van der Waals surface area contributed by atoms with Crippen molar-refractivity contribution in [3.05, 3.63) is 61.5 Å². The number of rotatable bonds is 5. The number of benzene rings is 2. The lowest BCUT2D eigenvalue weighted by atomic mass is 9.86. The molecule has 32 heavy (non-hydrogen) atoms. The van der Waals surface area contributed by atoms with E-state index < -0.39 is 17.7 Å². The van der Waals surface area contributed by atoms with Crippen LogP contribution in [-0.4, -0.2) is 24.1 Å². The van der Waals surface area contributed by atoms with Gasteiger partial charge in [-0.2, -0.15) is 0 Å². The highest BCUT2D eigenvalue weighted by atomic mass is 127. The fraction of sp³-hybridized carbons (Fsp3) is 0.440. The zero-order valence-corrected chi connectivity index (χ0v) is 21.5. The van der Waals surface area contributed by atoms with E-state index in [1.807, 2.05) is 34.6 Å². The number of hydrogen-bond donors (Lipinski definition) is 0. The van der Waals surface area contributed by atoms with E-state index in [4.69, 9.17) is 9.47 Å². The van der Waals surface area contributed by atoms with Crippen LogP contribution in [0.4, 0.5) is 10.1 Å². The van der Waals surface area contributed by atoms with Crippen molar-refractivity contribution in [1.82, 2.24) is 0 Å². The Morgan fingerprint density at radius 3 is 2.50 bits per heavy atom. The molecule has 5 nitrogen and oxygen atoms in total. The molecule has 3 rings (SSSR count). The molecule has 0 saturated carbocycles. The third kappa shape index (κ3) is 4.98. The predicted molar refractivity (Wildman–Crippen MR) is 130 cm³/mol. The zero-order valence-electron chi connectivity index (χ0n) is 19.3. The van der Waals surface area contributed by atoms with Crippen LogP contribution in [0.5, 0.6) is 0 Å². The summed E-state index contributed by atoms with van der Waals surface area (Å²) < 4.78 is 26.2. The van der Waals surface area contributed by atoms with Gasteiger partial charge in [-0.3, -0.25) is 4.79 Å². The first-order valence-electron chi connectivity index (χ1n) is 10.6. The quantitative estimate of drug-likeness (QED) is 0.360. The summed E-state index contributed by atoms with van der Waals surface area (Å²) in [5.74, 6) is -0.927. The summed E-state index contributed by atoms with van der Waals surface area (Å²) in [5, 5.41) is 0. The minimum absolute atomic E-state index is 0.109. The van der Waals surface area contributed by atoms with Gasteiger partial charge in [0.2, 0.25) is 5.91 Å². The number of amides is 1. The fourth-order valence-electron chi connectivity index (χ4n) is 4.05. The van der Waals surface area contributed by atoms with Crippen molar-refractivity contribution in [2.45, 2.75) is 66.2 Å². The van der Waals surface area contributed by atoms with Crippen molar-refractivity contribution in [3.63, 3.8) is 0 Å². The number of nitrogens with zero attached hydrogens (tertiary/aromatic N) is 1. The molecule has 2 aromatic rings. The molecule has 0 bridgehead atoms. The van der Waals surface area contributed by atoms with Gasteiger partial charge in [-0.25, -0.2) is 9.18 Å². The third-order valence-corrected chi connectivity index (χ3v) is 6.93. The molecule has 1 atom stereocenters. The Morgan fingerprint density at radius 1 is 1.22 bits per heavy atom. The Labute approximate surface area is 202 Å². The standard InChI is InChI=1S/C25H29FINO4/c1-7-31-24(30)23(32-25(4,5)6)21-14(2)18-12-20(29)28(13-19(18)15(3)22(21)27)17-10-8-9-16(26)11-17/h8-11,23H,7,12-13H2,1-6H3/t23-/m0/s1. The maximum atomic E-state index is 13.8. The number of carbonyl (C=O) groups is 2. The monoisotopic (exact) mass is 553 g/mol. The highest BCUT2D eigenvalue weighted by molar-refractivity contribution is 14.1. The molecule has 0 saturated heterocycles. The molecule has 1 aliphatic rings. The van der Waals surface area contributed by atoms with Crippen LogP contribution in [0.15, 0.2) is 24.3 Å². The molecule has 7 heteroatoms. The molecule has 1 aliphatic heterocycles. The molecule has 1 heterocycles. The van der Waals surface area contributed by atoms with Gasteiger partial charge in [0.15, 0.2) is 6.10 Å². The van der Waals surface area contributed by atoms with Gasteiger partial charge in [0.25, 0.3) is 0 Å². The van der Waals surface area contributed by atoms with E-state index in [0.717, 1.165) is 31.4 Å². The van der Waals surface area contributed by atoms with Crippen molar-refractivity contribution in [2.75, 3.05) is 11.5 Å². The van der Waals surface area contributed by atoms with Crippen LogP contribution in [-0.2, 0) is 32.0 Å². The molecule has 0 spiro atoms.